The van der Waals surface area contributed by atoms with Crippen LogP contribution in [0.4, 0.5) is 11.5 Å². The third-order valence-electron chi connectivity index (χ3n) is 3.92. The largest absolute Gasteiger partial charge is 0.326 e. The summed E-state index contributed by atoms with van der Waals surface area (Å²) in [6.45, 7) is 3.03. The number of hydrogen-bond donors (Lipinski definition) is 1. The van der Waals surface area contributed by atoms with Crippen LogP contribution in [0.1, 0.15) is 36.9 Å². The number of para-hydroxylation sites is 1. The maximum atomic E-state index is 6.11. The van der Waals surface area contributed by atoms with E-state index in [1.165, 1.54) is 24.1 Å². The Hall–Kier alpha value is -1.87. The SMILES string of the molecule is C[C@H](N)c1cccnc1N1CCCCc2ccccc21. The first-order valence-electron chi connectivity index (χ1n) is 7.33. The summed E-state index contributed by atoms with van der Waals surface area (Å²) in [6, 6.07) is 12.7. The van der Waals surface area contributed by atoms with Crippen molar-refractivity contribution in [3.05, 3.63) is 53.7 Å². The molecule has 1 aromatic heterocycles. The second kappa shape index (κ2) is 5.63. The van der Waals surface area contributed by atoms with Crippen molar-refractivity contribution in [1.82, 2.24) is 4.98 Å². The number of rotatable bonds is 2. The zero-order valence-electron chi connectivity index (χ0n) is 11.9. The van der Waals surface area contributed by atoms with Gasteiger partial charge in [-0.1, -0.05) is 24.3 Å². The molecule has 2 heterocycles. The maximum absolute atomic E-state index is 6.11. The van der Waals surface area contributed by atoms with Gasteiger partial charge in [0.2, 0.25) is 0 Å². The van der Waals surface area contributed by atoms with Gasteiger partial charge >= 0.3 is 0 Å². The molecule has 3 nitrogen and oxygen atoms in total. The number of anilines is 2. The number of benzene rings is 1. The molecule has 0 amide bonds. The minimum atomic E-state index is -0.00545. The Bertz CT molecular complexity index is 592. The summed E-state index contributed by atoms with van der Waals surface area (Å²) < 4.78 is 0. The van der Waals surface area contributed by atoms with Gasteiger partial charge in [-0.25, -0.2) is 4.98 Å². The Balaban J connectivity index is 2.10. The molecule has 0 bridgehead atoms. The third-order valence-corrected chi connectivity index (χ3v) is 3.92. The highest BCUT2D eigenvalue weighted by molar-refractivity contribution is 5.67. The first-order chi connectivity index (χ1) is 9.77. The molecular weight excluding hydrogens is 246 g/mol. The lowest BCUT2D eigenvalue weighted by molar-refractivity contribution is 0.747. The monoisotopic (exact) mass is 267 g/mol. The predicted octanol–water partition coefficient (Wildman–Crippen LogP) is 3.58. The molecule has 3 rings (SSSR count). The first-order valence-corrected chi connectivity index (χ1v) is 7.33. The van der Waals surface area contributed by atoms with Crippen LogP contribution in [0.2, 0.25) is 0 Å². The normalized spacial score (nSPS) is 16.4. The van der Waals surface area contributed by atoms with Crippen LogP contribution in [-0.2, 0) is 6.42 Å². The van der Waals surface area contributed by atoms with E-state index in [1.807, 2.05) is 19.2 Å². The van der Waals surface area contributed by atoms with Crippen molar-refractivity contribution in [3.8, 4) is 0 Å². The van der Waals surface area contributed by atoms with Gasteiger partial charge in [0.25, 0.3) is 0 Å². The Labute approximate surface area is 120 Å². The molecule has 1 aliphatic rings. The summed E-state index contributed by atoms with van der Waals surface area (Å²) in [4.78, 5) is 6.94. The Kier molecular flexibility index (Phi) is 3.70. The van der Waals surface area contributed by atoms with E-state index in [2.05, 4.69) is 40.2 Å². The van der Waals surface area contributed by atoms with Gasteiger partial charge in [-0.05, 0) is 43.9 Å². The molecule has 0 aliphatic carbocycles. The van der Waals surface area contributed by atoms with Crippen LogP contribution in [0.15, 0.2) is 42.6 Å². The predicted molar refractivity (Wildman–Crippen MR) is 83.2 cm³/mol. The van der Waals surface area contributed by atoms with E-state index in [9.17, 15) is 0 Å². The van der Waals surface area contributed by atoms with Gasteiger partial charge in [-0.3, -0.25) is 0 Å². The standard InChI is InChI=1S/C17H21N3/c1-13(18)15-9-6-11-19-17(15)20-12-5-4-8-14-7-2-3-10-16(14)20/h2-3,6-7,9-11,13H,4-5,8,12,18H2,1H3/t13-/m0/s1. The molecule has 1 aromatic carbocycles. The van der Waals surface area contributed by atoms with Crippen molar-refractivity contribution in [1.29, 1.82) is 0 Å². The van der Waals surface area contributed by atoms with E-state index >= 15 is 0 Å². The van der Waals surface area contributed by atoms with Crippen LogP contribution in [0.25, 0.3) is 0 Å². The van der Waals surface area contributed by atoms with Crippen LogP contribution in [-0.4, -0.2) is 11.5 Å². The number of pyridine rings is 1. The first kappa shape index (κ1) is 13.1. The second-order valence-electron chi connectivity index (χ2n) is 5.44. The molecule has 20 heavy (non-hydrogen) atoms. The molecule has 1 aliphatic heterocycles. The van der Waals surface area contributed by atoms with Crippen molar-refractivity contribution in [3.63, 3.8) is 0 Å². The van der Waals surface area contributed by atoms with E-state index < -0.39 is 0 Å². The van der Waals surface area contributed by atoms with Crippen LogP contribution in [0.5, 0.6) is 0 Å². The summed E-state index contributed by atoms with van der Waals surface area (Å²) in [5.74, 6) is 1.01. The summed E-state index contributed by atoms with van der Waals surface area (Å²) >= 11 is 0. The van der Waals surface area contributed by atoms with Crippen LogP contribution in [0.3, 0.4) is 0 Å². The molecule has 0 spiro atoms. The number of aromatic nitrogens is 1. The summed E-state index contributed by atoms with van der Waals surface area (Å²) in [5, 5.41) is 0. The molecule has 0 saturated heterocycles. The fourth-order valence-electron chi connectivity index (χ4n) is 2.90. The average Bonchev–Trinajstić information content (AvgIpc) is 2.69. The summed E-state index contributed by atoms with van der Waals surface area (Å²) in [5.41, 5.74) is 9.92. The maximum Gasteiger partial charge on any atom is 0.137 e. The van der Waals surface area contributed by atoms with Crippen molar-refractivity contribution in [2.75, 3.05) is 11.4 Å². The quantitative estimate of drug-likeness (QED) is 0.904. The highest BCUT2D eigenvalue weighted by atomic mass is 15.2. The second-order valence-corrected chi connectivity index (χ2v) is 5.44. The zero-order chi connectivity index (χ0) is 13.9. The molecule has 0 fully saturated rings. The van der Waals surface area contributed by atoms with Gasteiger partial charge < -0.3 is 10.6 Å². The van der Waals surface area contributed by atoms with Crippen LogP contribution in [0, 0.1) is 0 Å². The van der Waals surface area contributed by atoms with Gasteiger partial charge in [0.15, 0.2) is 0 Å². The Morgan fingerprint density at radius 2 is 2.00 bits per heavy atom. The molecule has 2 aromatic rings. The fourth-order valence-corrected chi connectivity index (χ4v) is 2.90. The molecule has 0 unspecified atom stereocenters. The minimum absolute atomic E-state index is 0.00545. The zero-order valence-corrected chi connectivity index (χ0v) is 11.9. The lowest BCUT2D eigenvalue weighted by atomic mass is 10.1. The third kappa shape index (κ3) is 2.41. The highest BCUT2D eigenvalue weighted by Crippen LogP contribution is 2.34. The van der Waals surface area contributed by atoms with Crippen LogP contribution < -0.4 is 10.6 Å². The minimum Gasteiger partial charge on any atom is -0.326 e. The average molecular weight is 267 g/mol. The Morgan fingerprint density at radius 3 is 2.85 bits per heavy atom. The lowest BCUT2D eigenvalue weighted by Crippen LogP contribution is -2.22. The number of nitrogens with zero attached hydrogens (tertiary/aromatic N) is 2. The van der Waals surface area contributed by atoms with Crippen molar-refractivity contribution in [2.45, 2.75) is 32.2 Å². The number of fused-ring (bicyclic) bond motifs is 1. The molecule has 3 heteroatoms. The van der Waals surface area contributed by atoms with E-state index in [0.717, 1.165) is 24.3 Å². The summed E-state index contributed by atoms with van der Waals surface area (Å²) in [6.07, 6.45) is 5.42. The molecule has 0 saturated carbocycles. The van der Waals surface area contributed by atoms with Crippen LogP contribution >= 0.6 is 0 Å². The molecule has 2 N–H and O–H groups in total. The highest BCUT2D eigenvalue weighted by Gasteiger charge is 2.20. The number of aryl methyl sites for hydroxylation is 1. The van der Waals surface area contributed by atoms with Gasteiger partial charge in [0.1, 0.15) is 5.82 Å². The molecular formula is C17H21N3. The van der Waals surface area contributed by atoms with Gasteiger partial charge in [0.05, 0.1) is 0 Å². The van der Waals surface area contributed by atoms with Gasteiger partial charge in [-0.15, -0.1) is 0 Å². The summed E-state index contributed by atoms with van der Waals surface area (Å²) in [7, 11) is 0. The topological polar surface area (TPSA) is 42.1 Å². The van der Waals surface area contributed by atoms with Crippen molar-refractivity contribution in [2.24, 2.45) is 5.73 Å². The number of hydrogen-bond acceptors (Lipinski definition) is 3. The van der Waals surface area contributed by atoms with Gasteiger partial charge in [-0.2, -0.15) is 0 Å². The van der Waals surface area contributed by atoms with Gasteiger partial charge in [0, 0.05) is 30.0 Å². The van der Waals surface area contributed by atoms with E-state index in [1.54, 1.807) is 0 Å². The van der Waals surface area contributed by atoms with E-state index in [-0.39, 0.29) is 6.04 Å². The molecule has 104 valence electrons. The lowest BCUT2D eigenvalue weighted by Gasteiger charge is -2.27. The number of nitrogens with two attached hydrogens (primary N) is 1. The molecule has 0 radical (unpaired) electrons. The Morgan fingerprint density at radius 1 is 1.15 bits per heavy atom. The van der Waals surface area contributed by atoms with E-state index in [4.69, 9.17) is 5.73 Å². The smallest absolute Gasteiger partial charge is 0.137 e. The van der Waals surface area contributed by atoms with Crippen molar-refractivity contribution >= 4 is 11.5 Å². The van der Waals surface area contributed by atoms with E-state index in [0.29, 0.717) is 0 Å². The molecule has 1 atom stereocenters. The van der Waals surface area contributed by atoms with Crippen molar-refractivity contribution < 1.29 is 0 Å². The fraction of sp³-hybridized carbons (Fsp3) is 0.353.